The van der Waals surface area contributed by atoms with E-state index in [4.69, 9.17) is 0 Å². The molecule has 1 heterocycles. The van der Waals surface area contributed by atoms with Crippen molar-refractivity contribution in [2.75, 3.05) is 45.2 Å². The summed E-state index contributed by atoms with van der Waals surface area (Å²) in [6, 6.07) is 5.82. The van der Waals surface area contributed by atoms with Gasteiger partial charge in [-0.1, -0.05) is 0 Å². The van der Waals surface area contributed by atoms with Gasteiger partial charge in [-0.25, -0.2) is 4.39 Å². The second kappa shape index (κ2) is 7.92. The van der Waals surface area contributed by atoms with Crippen molar-refractivity contribution in [3.63, 3.8) is 0 Å². The summed E-state index contributed by atoms with van der Waals surface area (Å²) < 4.78 is 12.9. The summed E-state index contributed by atoms with van der Waals surface area (Å²) in [6.07, 6.45) is 0.355. The van der Waals surface area contributed by atoms with E-state index in [0.717, 1.165) is 5.69 Å². The Balaban J connectivity index is 1.84. The van der Waals surface area contributed by atoms with E-state index in [2.05, 4.69) is 10.6 Å². The number of piperazine rings is 1. The fourth-order valence-electron chi connectivity index (χ4n) is 2.57. The zero-order valence-corrected chi connectivity index (χ0v) is 13.5. The smallest absolute Gasteiger partial charge is 0.238 e. The molecule has 0 unspecified atom stereocenters. The molecule has 126 valence electrons. The van der Waals surface area contributed by atoms with Crippen molar-refractivity contribution in [1.29, 1.82) is 0 Å². The number of nitrogens with zero attached hydrogens (tertiary/aromatic N) is 2. The van der Waals surface area contributed by atoms with Crippen LogP contribution in [0.4, 0.5) is 10.1 Å². The van der Waals surface area contributed by atoms with Crippen LogP contribution in [0.1, 0.15) is 6.42 Å². The maximum Gasteiger partial charge on any atom is 0.238 e. The summed E-state index contributed by atoms with van der Waals surface area (Å²) in [5, 5.41) is 5.69. The number of rotatable bonds is 5. The highest BCUT2D eigenvalue weighted by Gasteiger charge is 2.27. The number of carbonyl (C=O) groups excluding carboxylic acids is 2. The Bertz CT molecular complexity index is 550. The van der Waals surface area contributed by atoms with Crippen molar-refractivity contribution >= 4 is 17.5 Å². The quantitative estimate of drug-likeness (QED) is 0.813. The standard InChI is InChI=1S/C16H23FN4O2/c1-18-16(23)14-11-21(10-8-19-14)15(22)7-9-20(2)13-5-3-12(17)4-6-13/h3-6,14,19H,7-11H2,1-2H3,(H,18,23)/t14-/m0/s1. The third-order valence-electron chi connectivity index (χ3n) is 4.02. The molecule has 1 fully saturated rings. The first kappa shape index (κ1) is 17.2. The summed E-state index contributed by atoms with van der Waals surface area (Å²) in [7, 11) is 3.45. The van der Waals surface area contributed by atoms with Crippen LogP contribution in [0.2, 0.25) is 0 Å². The summed E-state index contributed by atoms with van der Waals surface area (Å²) in [6.45, 7) is 2.14. The van der Waals surface area contributed by atoms with Crippen LogP contribution in [0, 0.1) is 5.82 Å². The Kier molecular flexibility index (Phi) is 5.92. The second-order valence-corrected chi connectivity index (χ2v) is 5.61. The lowest BCUT2D eigenvalue weighted by molar-refractivity contribution is -0.133. The Morgan fingerprint density at radius 2 is 2.09 bits per heavy atom. The van der Waals surface area contributed by atoms with Crippen LogP contribution in [0.15, 0.2) is 24.3 Å². The van der Waals surface area contributed by atoms with Gasteiger partial charge in [0.1, 0.15) is 11.9 Å². The van der Waals surface area contributed by atoms with E-state index in [0.29, 0.717) is 32.6 Å². The molecule has 0 spiro atoms. The highest BCUT2D eigenvalue weighted by Crippen LogP contribution is 2.13. The highest BCUT2D eigenvalue weighted by molar-refractivity contribution is 5.83. The average Bonchev–Trinajstić information content (AvgIpc) is 2.59. The van der Waals surface area contributed by atoms with E-state index < -0.39 is 0 Å². The Morgan fingerprint density at radius 1 is 1.39 bits per heavy atom. The van der Waals surface area contributed by atoms with Gasteiger partial charge in [-0.3, -0.25) is 9.59 Å². The van der Waals surface area contributed by atoms with Gasteiger partial charge >= 0.3 is 0 Å². The zero-order chi connectivity index (χ0) is 16.8. The molecule has 2 amide bonds. The highest BCUT2D eigenvalue weighted by atomic mass is 19.1. The fraction of sp³-hybridized carbons (Fsp3) is 0.500. The molecule has 1 aromatic carbocycles. The summed E-state index contributed by atoms with van der Waals surface area (Å²) in [4.78, 5) is 27.6. The van der Waals surface area contributed by atoms with Crippen LogP contribution in [0.3, 0.4) is 0 Å². The number of nitrogens with one attached hydrogen (secondary N) is 2. The van der Waals surface area contributed by atoms with Crippen molar-refractivity contribution in [3.05, 3.63) is 30.1 Å². The number of carbonyl (C=O) groups is 2. The van der Waals surface area contributed by atoms with E-state index >= 15 is 0 Å². The monoisotopic (exact) mass is 322 g/mol. The number of likely N-dealkylation sites (N-methyl/N-ethyl adjacent to an activating group) is 1. The molecule has 2 rings (SSSR count). The Morgan fingerprint density at radius 3 is 2.74 bits per heavy atom. The SMILES string of the molecule is CNC(=O)[C@@H]1CN(C(=O)CCN(C)c2ccc(F)cc2)CCN1. The zero-order valence-electron chi connectivity index (χ0n) is 13.5. The molecule has 0 saturated carbocycles. The number of halogens is 1. The Labute approximate surface area is 135 Å². The first-order chi connectivity index (χ1) is 11.0. The van der Waals surface area contributed by atoms with E-state index in [-0.39, 0.29) is 23.7 Å². The minimum Gasteiger partial charge on any atom is -0.374 e. The Hall–Kier alpha value is -2.15. The van der Waals surface area contributed by atoms with Crippen LogP contribution >= 0.6 is 0 Å². The number of hydrogen-bond donors (Lipinski definition) is 2. The van der Waals surface area contributed by atoms with Crippen LogP contribution in [-0.4, -0.2) is 63.0 Å². The molecule has 1 saturated heterocycles. The van der Waals surface area contributed by atoms with Crippen molar-refractivity contribution < 1.29 is 14.0 Å². The first-order valence-electron chi connectivity index (χ1n) is 7.70. The minimum atomic E-state index is -0.354. The second-order valence-electron chi connectivity index (χ2n) is 5.61. The topological polar surface area (TPSA) is 64.7 Å². The van der Waals surface area contributed by atoms with E-state index in [9.17, 15) is 14.0 Å². The normalized spacial score (nSPS) is 17.7. The van der Waals surface area contributed by atoms with Gasteiger partial charge in [0.05, 0.1) is 0 Å². The van der Waals surface area contributed by atoms with Crippen molar-refractivity contribution in [1.82, 2.24) is 15.5 Å². The van der Waals surface area contributed by atoms with Crippen LogP contribution < -0.4 is 15.5 Å². The summed E-state index contributed by atoms with van der Waals surface area (Å²) in [5.74, 6) is -0.361. The molecular formula is C16H23FN4O2. The molecule has 23 heavy (non-hydrogen) atoms. The van der Waals surface area contributed by atoms with Crippen LogP contribution in [0.5, 0.6) is 0 Å². The van der Waals surface area contributed by atoms with Gasteiger partial charge in [-0.2, -0.15) is 0 Å². The molecule has 2 N–H and O–H groups in total. The van der Waals surface area contributed by atoms with Gasteiger partial charge < -0.3 is 20.4 Å². The molecule has 1 atom stereocenters. The molecule has 1 aromatic rings. The molecule has 0 aromatic heterocycles. The minimum absolute atomic E-state index is 0.0226. The number of hydrogen-bond acceptors (Lipinski definition) is 4. The van der Waals surface area contributed by atoms with Gasteiger partial charge in [0.15, 0.2) is 0 Å². The molecule has 0 bridgehead atoms. The van der Waals surface area contributed by atoms with E-state index in [1.54, 1.807) is 24.1 Å². The predicted octanol–water partition coefficient (Wildman–Crippen LogP) is 0.198. The number of anilines is 1. The third kappa shape index (κ3) is 4.66. The fourth-order valence-corrected chi connectivity index (χ4v) is 2.57. The van der Waals surface area contributed by atoms with Gasteiger partial charge in [0, 0.05) is 52.4 Å². The number of amides is 2. The summed E-state index contributed by atoms with van der Waals surface area (Å²) >= 11 is 0. The van der Waals surface area contributed by atoms with Crippen molar-refractivity contribution in [2.24, 2.45) is 0 Å². The van der Waals surface area contributed by atoms with Crippen LogP contribution in [-0.2, 0) is 9.59 Å². The molecule has 0 aliphatic carbocycles. The molecule has 6 nitrogen and oxygen atoms in total. The lowest BCUT2D eigenvalue weighted by atomic mass is 10.2. The lowest BCUT2D eigenvalue weighted by Crippen LogP contribution is -2.58. The molecule has 1 aliphatic heterocycles. The predicted molar refractivity (Wildman–Crippen MR) is 86.7 cm³/mol. The average molecular weight is 322 g/mol. The van der Waals surface area contributed by atoms with Gasteiger partial charge in [0.2, 0.25) is 11.8 Å². The van der Waals surface area contributed by atoms with Crippen molar-refractivity contribution in [3.8, 4) is 0 Å². The van der Waals surface area contributed by atoms with E-state index in [1.165, 1.54) is 12.1 Å². The molecule has 0 radical (unpaired) electrons. The first-order valence-corrected chi connectivity index (χ1v) is 7.70. The van der Waals surface area contributed by atoms with Gasteiger partial charge in [-0.05, 0) is 24.3 Å². The van der Waals surface area contributed by atoms with Crippen molar-refractivity contribution in [2.45, 2.75) is 12.5 Å². The molecular weight excluding hydrogens is 299 g/mol. The maximum absolute atomic E-state index is 12.9. The van der Waals surface area contributed by atoms with Gasteiger partial charge in [0.25, 0.3) is 0 Å². The van der Waals surface area contributed by atoms with Crippen LogP contribution in [0.25, 0.3) is 0 Å². The third-order valence-corrected chi connectivity index (χ3v) is 4.02. The van der Waals surface area contributed by atoms with Gasteiger partial charge in [-0.15, -0.1) is 0 Å². The molecule has 7 heteroatoms. The summed E-state index contributed by atoms with van der Waals surface area (Å²) in [5.41, 5.74) is 0.864. The largest absolute Gasteiger partial charge is 0.374 e. The lowest BCUT2D eigenvalue weighted by Gasteiger charge is -2.33. The number of benzene rings is 1. The maximum atomic E-state index is 12.9. The molecule has 1 aliphatic rings. The van der Waals surface area contributed by atoms with E-state index in [1.807, 2.05) is 11.9 Å².